The molecule has 2 aromatic heterocycles. The smallest absolute Gasteiger partial charge is 0.282 e. The van der Waals surface area contributed by atoms with Gasteiger partial charge in [0, 0.05) is 12.2 Å². The number of hydrogen-bond donors (Lipinski definition) is 2. The van der Waals surface area contributed by atoms with Crippen molar-refractivity contribution < 1.29 is 4.79 Å². The zero-order chi connectivity index (χ0) is 13.0. The van der Waals surface area contributed by atoms with Gasteiger partial charge in [-0.15, -0.1) is 10.2 Å². The standard InChI is InChI=1S/C10H12ClN5OS/c1-6-7(5-13-14-6)3-2-4-12-8(17)9-15-16-10(11)18-9/h5H,2-4H2,1H3,(H,12,17)(H,13,14). The summed E-state index contributed by atoms with van der Waals surface area (Å²) in [6.07, 6.45) is 3.53. The van der Waals surface area contributed by atoms with Gasteiger partial charge in [-0.25, -0.2) is 0 Å². The molecule has 1 amide bonds. The molecule has 0 aliphatic rings. The van der Waals surface area contributed by atoms with Crippen LogP contribution in [0.4, 0.5) is 0 Å². The van der Waals surface area contributed by atoms with Crippen molar-refractivity contribution >= 4 is 28.8 Å². The number of nitrogens with one attached hydrogen (secondary N) is 2. The SMILES string of the molecule is Cc1[nH]ncc1CCCNC(=O)c1nnc(Cl)s1. The van der Waals surface area contributed by atoms with Gasteiger partial charge in [-0.1, -0.05) is 11.3 Å². The molecule has 0 spiro atoms. The molecule has 18 heavy (non-hydrogen) atoms. The third kappa shape index (κ3) is 3.27. The third-order valence-electron chi connectivity index (χ3n) is 2.44. The topological polar surface area (TPSA) is 83.6 Å². The van der Waals surface area contributed by atoms with Crippen LogP contribution in [-0.2, 0) is 6.42 Å². The molecule has 2 heterocycles. The van der Waals surface area contributed by atoms with E-state index in [0.717, 1.165) is 29.9 Å². The predicted molar refractivity (Wildman–Crippen MR) is 68.9 cm³/mol. The van der Waals surface area contributed by atoms with E-state index >= 15 is 0 Å². The number of carbonyl (C=O) groups excluding carboxylic acids is 1. The Balaban J connectivity index is 1.73. The van der Waals surface area contributed by atoms with Gasteiger partial charge >= 0.3 is 0 Å². The van der Waals surface area contributed by atoms with Crippen molar-refractivity contribution in [1.82, 2.24) is 25.7 Å². The normalized spacial score (nSPS) is 10.6. The number of amides is 1. The fourth-order valence-corrected chi connectivity index (χ4v) is 2.23. The van der Waals surface area contributed by atoms with Gasteiger partial charge in [-0.2, -0.15) is 5.10 Å². The van der Waals surface area contributed by atoms with Gasteiger partial charge in [-0.05, 0) is 36.9 Å². The second-order valence-electron chi connectivity index (χ2n) is 3.74. The maximum absolute atomic E-state index is 11.6. The number of nitrogens with zero attached hydrogens (tertiary/aromatic N) is 3. The molecule has 0 atom stereocenters. The first-order valence-corrected chi connectivity index (χ1v) is 6.62. The van der Waals surface area contributed by atoms with Crippen LogP contribution in [0.5, 0.6) is 0 Å². The Morgan fingerprint density at radius 2 is 2.39 bits per heavy atom. The van der Waals surface area contributed by atoms with E-state index in [1.54, 1.807) is 0 Å². The molecule has 0 saturated heterocycles. The van der Waals surface area contributed by atoms with E-state index in [1.807, 2.05) is 13.1 Å². The van der Waals surface area contributed by atoms with E-state index in [0.29, 0.717) is 11.6 Å². The molecule has 0 aromatic carbocycles. The maximum Gasteiger partial charge on any atom is 0.282 e. The van der Waals surface area contributed by atoms with Crippen molar-refractivity contribution in [3.05, 3.63) is 26.9 Å². The van der Waals surface area contributed by atoms with Crippen LogP contribution in [0, 0.1) is 6.92 Å². The van der Waals surface area contributed by atoms with E-state index < -0.39 is 0 Å². The first kappa shape index (κ1) is 13.0. The molecule has 0 aliphatic carbocycles. The molecular formula is C10H12ClN5OS. The summed E-state index contributed by atoms with van der Waals surface area (Å²) in [6, 6.07) is 0. The molecule has 2 rings (SSSR count). The highest BCUT2D eigenvalue weighted by molar-refractivity contribution is 7.17. The second-order valence-corrected chi connectivity index (χ2v) is 5.30. The Labute approximate surface area is 113 Å². The van der Waals surface area contributed by atoms with E-state index in [2.05, 4.69) is 25.7 Å². The summed E-state index contributed by atoms with van der Waals surface area (Å²) in [5, 5.41) is 17.1. The number of aromatic amines is 1. The van der Waals surface area contributed by atoms with Crippen LogP contribution >= 0.6 is 22.9 Å². The number of H-pyrrole nitrogens is 1. The van der Waals surface area contributed by atoms with Crippen molar-refractivity contribution in [1.29, 1.82) is 0 Å². The Bertz CT molecular complexity index is 538. The fourth-order valence-electron chi connectivity index (χ4n) is 1.48. The van der Waals surface area contributed by atoms with Crippen molar-refractivity contribution in [2.45, 2.75) is 19.8 Å². The highest BCUT2D eigenvalue weighted by Crippen LogP contribution is 2.14. The van der Waals surface area contributed by atoms with E-state index in [4.69, 9.17) is 11.6 Å². The lowest BCUT2D eigenvalue weighted by Gasteiger charge is -2.02. The summed E-state index contributed by atoms with van der Waals surface area (Å²) in [7, 11) is 0. The lowest BCUT2D eigenvalue weighted by atomic mass is 10.1. The molecule has 96 valence electrons. The number of carbonyl (C=O) groups is 1. The van der Waals surface area contributed by atoms with Gasteiger partial charge in [0.05, 0.1) is 6.20 Å². The molecule has 0 bridgehead atoms. The molecule has 0 fully saturated rings. The average Bonchev–Trinajstić information content (AvgIpc) is 2.94. The molecule has 2 N–H and O–H groups in total. The summed E-state index contributed by atoms with van der Waals surface area (Å²) in [6.45, 7) is 2.56. The zero-order valence-corrected chi connectivity index (χ0v) is 11.3. The summed E-state index contributed by atoms with van der Waals surface area (Å²) < 4.78 is 0.272. The van der Waals surface area contributed by atoms with Gasteiger partial charge in [0.1, 0.15) is 0 Å². The summed E-state index contributed by atoms with van der Waals surface area (Å²) in [4.78, 5) is 11.6. The molecule has 0 saturated carbocycles. The quantitative estimate of drug-likeness (QED) is 0.817. The summed E-state index contributed by atoms with van der Waals surface area (Å²) >= 11 is 6.68. The maximum atomic E-state index is 11.6. The van der Waals surface area contributed by atoms with Crippen LogP contribution in [0.1, 0.15) is 27.5 Å². The molecule has 8 heteroatoms. The predicted octanol–water partition coefficient (Wildman–Crippen LogP) is 1.59. The van der Waals surface area contributed by atoms with Gasteiger partial charge in [-0.3, -0.25) is 9.89 Å². The minimum Gasteiger partial charge on any atom is -0.350 e. The van der Waals surface area contributed by atoms with Crippen LogP contribution < -0.4 is 5.32 Å². The highest BCUT2D eigenvalue weighted by atomic mass is 35.5. The molecule has 0 radical (unpaired) electrons. The van der Waals surface area contributed by atoms with Crippen LogP contribution in [0.2, 0.25) is 4.47 Å². The average molecular weight is 286 g/mol. The number of aromatic nitrogens is 4. The van der Waals surface area contributed by atoms with Crippen LogP contribution in [-0.4, -0.2) is 32.8 Å². The van der Waals surface area contributed by atoms with E-state index in [9.17, 15) is 4.79 Å². The van der Waals surface area contributed by atoms with E-state index in [1.165, 1.54) is 5.56 Å². The van der Waals surface area contributed by atoms with Crippen molar-refractivity contribution in [3.63, 3.8) is 0 Å². The molecule has 0 aliphatic heterocycles. The second kappa shape index (κ2) is 5.92. The zero-order valence-electron chi connectivity index (χ0n) is 9.73. The van der Waals surface area contributed by atoms with Gasteiger partial charge < -0.3 is 5.32 Å². The highest BCUT2D eigenvalue weighted by Gasteiger charge is 2.11. The Kier molecular flexibility index (Phi) is 4.27. The number of rotatable bonds is 5. The number of hydrogen-bond acceptors (Lipinski definition) is 5. The lowest BCUT2D eigenvalue weighted by Crippen LogP contribution is -2.24. The van der Waals surface area contributed by atoms with Gasteiger partial charge in [0.15, 0.2) is 0 Å². The fraction of sp³-hybridized carbons (Fsp3) is 0.400. The Hall–Kier alpha value is -1.47. The van der Waals surface area contributed by atoms with Crippen LogP contribution in [0.15, 0.2) is 6.20 Å². The van der Waals surface area contributed by atoms with Crippen LogP contribution in [0.3, 0.4) is 0 Å². The summed E-state index contributed by atoms with van der Waals surface area (Å²) in [5.74, 6) is -0.233. The van der Waals surface area contributed by atoms with Gasteiger partial charge in [0.2, 0.25) is 9.47 Å². The molecular weight excluding hydrogens is 274 g/mol. The monoisotopic (exact) mass is 285 g/mol. The van der Waals surface area contributed by atoms with Crippen molar-refractivity contribution in [2.24, 2.45) is 0 Å². The molecule has 6 nitrogen and oxygen atoms in total. The Morgan fingerprint density at radius 3 is 3.00 bits per heavy atom. The molecule has 0 unspecified atom stereocenters. The Morgan fingerprint density at radius 1 is 1.56 bits per heavy atom. The molecule has 2 aromatic rings. The lowest BCUT2D eigenvalue weighted by molar-refractivity contribution is 0.0952. The largest absolute Gasteiger partial charge is 0.350 e. The number of aryl methyl sites for hydroxylation is 2. The summed E-state index contributed by atoms with van der Waals surface area (Å²) in [5.41, 5.74) is 2.24. The third-order valence-corrected chi connectivity index (χ3v) is 3.45. The van der Waals surface area contributed by atoms with Crippen molar-refractivity contribution in [2.75, 3.05) is 6.54 Å². The number of halogens is 1. The first-order valence-electron chi connectivity index (χ1n) is 5.43. The van der Waals surface area contributed by atoms with E-state index in [-0.39, 0.29) is 10.4 Å². The minimum absolute atomic E-state index is 0.233. The van der Waals surface area contributed by atoms with Crippen molar-refractivity contribution in [3.8, 4) is 0 Å². The minimum atomic E-state index is -0.233. The van der Waals surface area contributed by atoms with Gasteiger partial charge in [0.25, 0.3) is 5.91 Å². The van der Waals surface area contributed by atoms with Crippen LogP contribution in [0.25, 0.3) is 0 Å². The first-order chi connectivity index (χ1) is 8.66.